The fourth-order valence-electron chi connectivity index (χ4n) is 1.17. The molecule has 0 unspecified atom stereocenters. The van der Waals surface area contributed by atoms with Crippen LogP contribution in [0.1, 0.15) is 18.9 Å². The van der Waals surface area contributed by atoms with Crippen molar-refractivity contribution in [3.05, 3.63) is 35.9 Å². The van der Waals surface area contributed by atoms with Gasteiger partial charge in [0.1, 0.15) is 0 Å². The molecule has 1 aromatic rings. The first-order chi connectivity index (χ1) is 5.93. The number of rotatable bonds is 5. The van der Waals surface area contributed by atoms with E-state index in [-0.39, 0.29) is 0 Å². The fraction of sp³-hybridized carbons (Fsp3) is 0.455. The summed E-state index contributed by atoms with van der Waals surface area (Å²) in [6, 6.07) is 10.7. The lowest BCUT2D eigenvalue weighted by Crippen LogP contribution is -1.87. The van der Waals surface area contributed by atoms with Crippen LogP contribution in [0.4, 0.5) is 0 Å². The Morgan fingerprint density at radius 2 is 1.92 bits per heavy atom. The normalized spacial score (nSPS) is 10.1. The molecule has 1 rings (SSSR count). The Balaban J connectivity index is 2.16. The van der Waals surface area contributed by atoms with E-state index in [0.717, 1.165) is 0 Å². The Kier molecular flexibility index (Phi) is 4.93. The van der Waals surface area contributed by atoms with Gasteiger partial charge in [0.05, 0.1) is 0 Å². The largest absolute Gasteiger partial charge is 0.162 e. The lowest BCUT2D eigenvalue weighted by molar-refractivity contribution is 0.933. The van der Waals surface area contributed by atoms with Crippen molar-refractivity contribution in [2.75, 3.05) is 11.5 Å². The minimum atomic E-state index is 1.23. The molecule has 0 aliphatic heterocycles. The fourth-order valence-corrected chi connectivity index (χ4v) is 1.80. The first-order valence-electron chi connectivity index (χ1n) is 4.55. The predicted molar refractivity (Wildman–Crippen MR) is 57.8 cm³/mol. The average Bonchev–Trinajstić information content (AvgIpc) is 2.14. The van der Waals surface area contributed by atoms with Gasteiger partial charge in [-0.15, -0.1) is 0 Å². The molecule has 0 N–H and O–H groups in total. The molecule has 0 aliphatic rings. The molecule has 0 bridgehead atoms. The topological polar surface area (TPSA) is 0 Å². The third-order valence-electron chi connectivity index (χ3n) is 1.80. The quantitative estimate of drug-likeness (QED) is 0.626. The molecule has 0 radical (unpaired) electrons. The van der Waals surface area contributed by atoms with Crippen LogP contribution in [0.15, 0.2) is 30.3 Å². The molecule has 0 heterocycles. The van der Waals surface area contributed by atoms with Crippen LogP contribution in [-0.4, -0.2) is 11.5 Å². The van der Waals surface area contributed by atoms with Crippen LogP contribution in [0, 0.1) is 0 Å². The summed E-state index contributed by atoms with van der Waals surface area (Å²) in [6.07, 6.45) is 2.54. The lowest BCUT2D eigenvalue weighted by atomic mass is 10.1. The molecule has 66 valence electrons. The number of hydrogen-bond donors (Lipinski definition) is 0. The highest BCUT2D eigenvalue weighted by atomic mass is 32.2. The maximum absolute atomic E-state index is 2.22. The summed E-state index contributed by atoms with van der Waals surface area (Å²) >= 11 is 2.03. The first kappa shape index (κ1) is 9.66. The van der Waals surface area contributed by atoms with Crippen LogP contribution in [0.3, 0.4) is 0 Å². The summed E-state index contributed by atoms with van der Waals surface area (Å²) in [7, 11) is 0. The van der Waals surface area contributed by atoms with Crippen LogP contribution in [0.2, 0.25) is 0 Å². The van der Waals surface area contributed by atoms with Gasteiger partial charge in [-0.25, -0.2) is 0 Å². The lowest BCUT2D eigenvalue weighted by Gasteiger charge is -1.99. The number of thioether (sulfide) groups is 1. The van der Waals surface area contributed by atoms with Gasteiger partial charge in [0.2, 0.25) is 0 Å². The molecule has 0 atom stereocenters. The molecule has 0 fully saturated rings. The third kappa shape index (κ3) is 3.82. The van der Waals surface area contributed by atoms with Gasteiger partial charge in [-0.3, -0.25) is 0 Å². The standard InChI is InChI=1S/C11H16S/c1-2-12-10-6-9-11-7-4-3-5-8-11/h3-5,7-8H,2,6,9-10H2,1H3. The average molecular weight is 180 g/mol. The monoisotopic (exact) mass is 180 g/mol. The summed E-state index contributed by atoms with van der Waals surface area (Å²) in [6.45, 7) is 2.22. The maximum atomic E-state index is 2.22. The Morgan fingerprint density at radius 3 is 2.58 bits per heavy atom. The highest BCUT2D eigenvalue weighted by Crippen LogP contribution is 2.06. The van der Waals surface area contributed by atoms with Gasteiger partial charge in [0.25, 0.3) is 0 Å². The minimum absolute atomic E-state index is 1.23. The van der Waals surface area contributed by atoms with Crippen LogP contribution < -0.4 is 0 Å². The van der Waals surface area contributed by atoms with E-state index in [0.29, 0.717) is 0 Å². The molecule has 0 saturated heterocycles. The highest BCUT2D eigenvalue weighted by molar-refractivity contribution is 7.99. The molecular weight excluding hydrogens is 164 g/mol. The van der Waals surface area contributed by atoms with Crippen molar-refractivity contribution in [2.24, 2.45) is 0 Å². The predicted octanol–water partition coefficient (Wildman–Crippen LogP) is 3.37. The number of hydrogen-bond acceptors (Lipinski definition) is 1. The Bertz CT molecular complexity index is 193. The molecule has 0 spiro atoms. The molecule has 0 aromatic heterocycles. The van der Waals surface area contributed by atoms with Gasteiger partial charge >= 0.3 is 0 Å². The van der Waals surface area contributed by atoms with Crippen molar-refractivity contribution in [3.8, 4) is 0 Å². The second-order valence-electron chi connectivity index (χ2n) is 2.79. The van der Waals surface area contributed by atoms with Crippen molar-refractivity contribution in [1.29, 1.82) is 0 Å². The van der Waals surface area contributed by atoms with Gasteiger partial charge in [-0.2, -0.15) is 11.8 Å². The summed E-state index contributed by atoms with van der Waals surface area (Å²) in [5.74, 6) is 2.54. The second kappa shape index (κ2) is 6.13. The van der Waals surface area contributed by atoms with Crippen LogP contribution in [-0.2, 0) is 6.42 Å². The first-order valence-corrected chi connectivity index (χ1v) is 5.70. The molecule has 0 nitrogen and oxygen atoms in total. The Morgan fingerprint density at radius 1 is 1.17 bits per heavy atom. The Labute approximate surface area is 79.4 Å². The van der Waals surface area contributed by atoms with E-state index < -0.39 is 0 Å². The molecule has 1 heteroatoms. The van der Waals surface area contributed by atoms with Crippen LogP contribution in [0.5, 0.6) is 0 Å². The number of aryl methyl sites for hydroxylation is 1. The molecule has 1 aromatic carbocycles. The van der Waals surface area contributed by atoms with Crippen molar-refractivity contribution in [2.45, 2.75) is 19.8 Å². The Hall–Kier alpha value is -0.430. The van der Waals surface area contributed by atoms with Crippen molar-refractivity contribution >= 4 is 11.8 Å². The minimum Gasteiger partial charge on any atom is -0.162 e. The van der Waals surface area contributed by atoms with E-state index in [4.69, 9.17) is 0 Å². The van der Waals surface area contributed by atoms with E-state index >= 15 is 0 Å². The zero-order valence-electron chi connectivity index (χ0n) is 7.62. The SMILES string of the molecule is CCSCCCc1ccccc1. The van der Waals surface area contributed by atoms with E-state index in [1.165, 1.54) is 29.9 Å². The molecule has 0 aliphatic carbocycles. The summed E-state index contributed by atoms with van der Waals surface area (Å²) in [5.41, 5.74) is 1.47. The van der Waals surface area contributed by atoms with E-state index in [2.05, 4.69) is 37.3 Å². The summed E-state index contributed by atoms with van der Waals surface area (Å²) in [4.78, 5) is 0. The molecular formula is C11H16S. The van der Waals surface area contributed by atoms with Gasteiger partial charge in [-0.1, -0.05) is 37.3 Å². The zero-order valence-corrected chi connectivity index (χ0v) is 8.44. The van der Waals surface area contributed by atoms with Gasteiger partial charge < -0.3 is 0 Å². The van der Waals surface area contributed by atoms with Crippen LogP contribution >= 0.6 is 11.8 Å². The van der Waals surface area contributed by atoms with Gasteiger partial charge in [0.15, 0.2) is 0 Å². The summed E-state index contributed by atoms with van der Waals surface area (Å²) in [5, 5.41) is 0. The number of benzene rings is 1. The third-order valence-corrected chi connectivity index (χ3v) is 2.79. The molecule has 12 heavy (non-hydrogen) atoms. The van der Waals surface area contributed by atoms with Crippen molar-refractivity contribution in [3.63, 3.8) is 0 Å². The van der Waals surface area contributed by atoms with Gasteiger partial charge in [-0.05, 0) is 29.9 Å². The van der Waals surface area contributed by atoms with E-state index in [1.807, 2.05) is 11.8 Å². The summed E-state index contributed by atoms with van der Waals surface area (Å²) < 4.78 is 0. The van der Waals surface area contributed by atoms with Crippen molar-refractivity contribution < 1.29 is 0 Å². The second-order valence-corrected chi connectivity index (χ2v) is 4.18. The smallest absolute Gasteiger partial charge is 0.00645 e. The zero-order chi connectivity index (χ0) is 8.65. The van der Waals surface area contributed by atoms with E-state index in [1.54, 1.807) is 0 Å². The van der Waals surface area contributed by atoms with E-state index in [9.17, 15) is 0 Å². The highest BCUT2D eigenvalue weighted by Gasteiger charge is 1.90. The van der Waals surface area contributed by atoms with Gasteiger partial charge in [0, 0.05) is 0 Å². The van der Waals surface area contributed by atoms with Crippen molar-refractivity contribution in [1.82, 2.24) is 0 Å². The van der Waals surface area contributed by atoms with Crippen LogP contribution in [0.25, 0.3) is 0 Å². The molecule has 0 saturated carbocycles. The molecule has 0 amide bonds. The maximum Gasteiger partial charge on any atom is -0.00645 e.